The monoisotopic (exact) mass is 333 g/mol. The van der Waals surface area contributed by atoms with Crippen molar-refractivity contribution in [2.24, 2.45) is 5.92 Å². The standard InChI is InChI=1S/C18H27N3O3/c1-4-24-16(12(2)3)9-10-19-18(23)20-14-6-7-15-13(11-14)5-8-17(22)21-15/h6-7,11-12,16H,4-5,8-10H2,1-3H3,(H,21,22)(H2,19,20,23)/t16-/m1/s1. The molecule has 1 aromatic carbocycles. The molecule has 1 aliphatic heterocycles. The minimum absolute atomic E-state index is 0.0370. The Hall–Kier alpha value is -2.08. The maximum absolute atomic E-state index is 12.0. The van der Waals surface area contributed by atoms with E-state index in [1.54, 1.807) is 6.07 Å². The average Bonchev–Trinajstić information content (AvgIpc) is 2.54. The highest BCUT2D eigenvalue weighted by molar-refractivity contribution is 5.95. The third-order valence-electron chi connectivity index (χ3n) is 4.10. The molecule has 0 saturated carbocycles. The molecule has 3 N–H and O–H groups in total. The molecule has 24 heavy (non-hydrogen) atoms. The molecule has 3 amide bonds. The molecule has 0 aliphatic carbocycles. The first-order valence-electron chi connectivity index (χ1n) is 8.58. The summed E-state index contributed by atoms with van der Waals surface area (Å²) in [6.45, 7) is 7.46. The Morgan fingerprint density at radius 3 is 2.83 bits per heavy atom. The third kappa shape index (κ3) is 5.23. The van der Waals surface area contributed by atoms with Crippen LogP contribution in [0, 0.1) is 5.92 Å². The lowest BCUT2D eigenvalue weighted by Crippen LogP contribution is -2.33. The van der Waals surface area contributed by atoms with Gasteiger partial charge in [0.05, 0.1) is 6.10 Å². The first kappa shape index (κ1) is 18.3. The van der Waals surface area contributed by atoms with Gasteiger partial charge in [-0.05, 0) is 49.4 Å². The second-order valence-electron chi connectivity index (χ2n) is 6.33. The van der Waals surface area contributed by atoms with Crippen molar-refractivity contribution in [2.45, 2.75) is 46.1 Å². The van der Waals surface area contributed by atoms with Crippen molar-refractivity contribution < 1.29 is 14.3 Å². The van der Waals surface area contributed by atoms with Gasteiger partial charge < -0.3 is 20.7 Å². The number of aryl methyl sites for hydroxylation is 1. The summed E-state index contributed by atoms with van der Waals surface area (Å²) in [6, 6.07) is 5.30. The lowest BCUT2D eigenvalue weighted by Gasteiger charge is -2.21. The van der Waals surface area contributed by atoms with Crippen LogP contribution in [-0.4, -0.2) is 31.2 Å². The molecule has 0 spiro atoms. The average molecular weight is 333 g/mol. The number of carbonyl (C=O) groups is 2. The van der Waals surface area contributed by atoms with Crippen molar-refractivity contribution in [2.75, 3.05) is 23.8 Å². The molecule has 1 atom stereocenters. The summed E-state index contributed by atoms with van der Waals surface area (Å²) in [5.41, 5.74) is 2.60. The molecule has 1 aliphatic rings. The van der Waals surface area contributed by atoms with Crippen LogP contribution in [0.4, 0.5) is 16.2 Å². The molecule has 1 aromatic rings. The number of hydrogen-bond acceptors (Lipinski definition) is 3. The fraction of sp³-hybridized carbons (Fsp3) is 0.556. The van der Waals surface area contributed by atoms with E-state index in [0.29, 0.717) is 31.9 Å². The van der Waals surface area contributed by atoms with Crippen molar-refractivity contribution in [1.82, 2.24) is 5.32 Å². The summed E-state index contributed by atoms with van der Waals surface area (Å²) >= 11 is 0. The summed E-state index contributed by atoms with van der Waals surface area (Å²) in [5, 5.41) is 8.53. The van der Waals surface area contributed by atoms with E-state index < -0.39 is 0 Å². The predicted molar refractivity (Wildman–Crippen MR) is 95.3 cm³/mol. The fourth-order valence-electron chi connectivity index (χ4n) is 2.79. The van der Waals surface area contributed by atoms with Crippen LogP contribution in [-0.2, 0) is 16.0 Å². The Labute approximate surface area is 143 Å². The molecule has 2 rings (SSSR count). The molecule has 6 nitrogen and oxygen atoms in total. The topological polar surface area (TPSA) is 79.5 Å². The number of hydrogen-bond donors (Lipinski definition) is 3. The number of rotatable bonds is 7. The van der Waals surface area contributed by atoms with E-state index in [1.165, 1.54) is 0 Å². The van der Waals surface area contributed by atoms with E-state index in [-0.39, 0.29) is 18.0 Å². The van der Waals surface area contributed by atoms with Crippen molar-refractivity contribution in [1.29, 1.82) is 0 Å². The van der Waals surface area contributed by atoms with Gasteiger partial charge in [-0.15, -0.1) is 0 Å². The van der Waals surface area contributed by atoms with Gasteiger partial charge in [-0.1, -0.05) is 13.8 Å². The number of ether oxygens (including phenoxy) is 1. The highest BCUT2D eigenvalue weighted by atomic mass is 16.5. The van der Waals surface area contributed by atoms with Crippen LogP contribution in [0.25, 0.3) is 0 Å². The first-order chi connectivity index (χ1) is 11.5. The summed E-state index contributed by atoms with van der Waals surface area (Å²) in [6.07, 6.45) is 2.12. The summed E-state index contributed by atoms with van der Waals surface area (Å²) in [5.74, 6) is 0.459. The van der Waals surface area contributed by atoms with Crippen molar-refractivity contribution in [3.8, 4) is 0 Å². The summed E-state index contributed by atoms with van der Waals surface area (Å²) in [7, 11) is 0. The van der Waals surface area contributed by atoms with Gasteiger partial charge >= 0.3 is 6.03 Å². The molecule has 6 heteroatoms. The quantitative estimate of drug-likeness (QED) is 0.717. The van der Waals surface area contributed by atoms with E-state index in [9.17, 15) is 9.59 Å². The highest BCUT2D eigenvalue weighted by Crippen LogP contribution is 2.25. The van der Waals surface area contributed by atoms with Crippen LogP contribution in [0.2, 0.25) is 0 Å². The van der Waals surface area contributed by atoms with E-state index in [4.69, 9.17) is 4.74 Å². The SMILES string of the molecule is CCO[C@H](CCNC(=O)Nc1ccc2c(c1)CCC(=O)N2)C(C)C. The number of fused-ring (bicyclic) bond motifs is 1. The maximum atomic E-state index is 12.0. The summed E-state index contributed by atoms with van der Waals surface area (Å²) < 4.78 is 5.67. The number of benzene rings is 1. The Balaban J connectivity index is 1.81. The van der Waals surface area contributed by atoms with Gasteiger partial charge in [0.15, 0.2) is 0 Å². The molecule has 0 saturated heterocycles. The van der Waals surface area contributed by atoms with Crippen LogP contribution in [0.15, 0.2) is 18.2 Å². The molecule has 0 unspecified atom stereocenters. The zero-order chi connectivity index (χ0) is 17.5. The minimum Gasteiger partial charge on any atom is -0.378 e. The number of carbonyl (C=O) groups excluding carboxylic acids is 2. The summed E-state index contributed by atoms with van der Waals surface area (Å²) in [4.78, 5) is 23.4. The zero-order valence-electron chi connectivity index (χ0n) is 14.6. The lowest BCUT2D eigenvalue weighted by atomic mass is 10.0. The van der Waals surface area contributed by atoms with Crippen LogP contribution >= 0.6 is 0 Å². The van der Waals surface area contributed by atoms with Gasteiger partial charge in [0.25, 0.3) is 0 Å². The van der Waals surface area contributed by atoms with E-state index in [1.807, 2.05) is 19.1 Å². The van der Waals surface area contributed by atoms with Crippen molar-refractivity contribution >= 4 is 23.3 Å². The fourth-order valence-corrected chi connectivity index (χ4v) is 2.79. The Morgan fingerprint density at radius 1 is 1.33 bits per heavy atom. The number of urea groups is 1. The van der Waals surface area contributed by atoms with Crippen molar-refractivity contribution in [3.05, 3.63) is 23.8 Å². The molecule has 1 heterocycles. The van der Waals surface area contributed by atoms with E-state index in [0.717, 1.165) is 23.4 Å². The van der Waals surface area contributed by atoms with Gasteiger partial charge in [-0.25, -0.2) is 4.79 Å². The number of anilines is 2. The van der Waals surface area contributed by atoms with E-state index in [2.05, 4.69) is 29.8 Å². The van der Waals surface area contributed by atoms with E-state index >= 15 is 0 Å². The van der Waals surface area contributed by atoms with Crippen LogP contribution in [0.3, 0.4) is 0 Å². The maximum Gasteiger partial charge on any atom is 0.319 e. The van der Waals surface area contributed by atoms with Gasteiger partial charge in [0.2, 0.25) is 5.91 Å². The van der Waals surface area contributed by atoms with Crippen molar-refractivity contribution in [3.63, 3.8) is 0 Å². The van der Waals surface area contributed by atoms with Gasteiger partial charge in [-0.3, -0.25) is 4.79 Å². The van der Waals surface area contributed by atoms with Gasteiger partial charge in [0, 0.05) is 30.9 Å². The third-order valence-corrected chi connectivity index (χ3v) is 4.10. The van der Waals surface area contributed by atoms with Crippen LogP contribution in [0.1, 0.15) is 39.2 Å². The number of nitrogens with one attached hydrogen (secondary N) is 3. The second kappa shape index (κ2) is 8.68. The molecule has 0 bridgehead atoms. The Morgan fingerprint density at radius 2 is 2.12 bits per heavy atom. The highest BCUT2D eigenvalue weighted by Gasteiger charge is 2.16. The predicted octanol–water partition coefficient (Wildman–Crippen LogP) is 3.14. The smallest absolute Gasteiger partial charge is 0.319 e. The van der Waals surface area contributed by atoms with Gasteiger partial charge in [-0.2, -0.15) is 0 Å². The molecular formula is C18H27N3O3. The molecule has 0 aromatic heterocycles. The molecule has 0 radical (unpaired) electrons. The largest absolute Gasteiger partial charge is 0.378 e. The Bertz CT molecular complexity index is 587. The normalized spacial score (nSPS) is 14.8. The van der Waals surface area contributed by atoms with Crippen LogP contribution < -0.4 is 16.0 Å². The second-order valence-corrected chi connectivity index (χ2v) is 6.33. The van der Waals surface area contributed by atoms with Gasteiger partial charge in [0.1, 0.15) is 0 Å². The lowest BCUT2D eigenvalue weighted by molar-refractivity contribution is -0.116. The molecule has 132 valence electrons. The number of amides is 3. The first-order valence-corrected chi connectivity index (χ1v) is 8.58. The minimum atomic E-state index is -0.228. The zero-order valence-corrected chi connectivity index (χ0v) is 14.6. The van der Waals surface area contributed by atoms with Crippen LogP contribution in [0.5, 0.6) is 0 Å². The molecular weight excluding hydrogens is 306 g/mol. The Kier molecular flexibility index (Phi) is 6.61. The molecule has 0 fully saturated rings.